The molecule has 2 fully saturated rings. The number of rotatable bonds is 8. The number of ether oxygens (including phenoxy) is 1. The molecule has 0 saturated carbocycles. The highest BCUT2D eigenvalue weighted by molar-refractivity contribution is 14.0. The highest BCUT2D eigenvalue weighted by Crippen LogP contribution is 2.23. The van der Waals surface area contributed by atoms with Gasteiger partial charge in [0.05, 0.1) is 19.3 Å². The fourth-order valence-corrected chi connectivity index (χ4v) is 3.85. The number of morpholine rings is 1. The number of nitrogens with zero attached hydrogens (tertiary/aromatic N) is 4. The second-order valence-corrected chi connectivity index (χ2v) is 8.49. The van der Waals surface area contributed by atoms with E-state index in [1.165, 1.54) is 24.1 Å². The highest BCUT2D eigenvalue weighted by atomic mass is 127. The minimum Gasteiger partial charge on any atom is -0.379 e. The summed E-state index contributed by atoms with van der Waals surface area (Å²) in [7, 11) is 3.51. The van der Waals surface area contributed by atoms with E-state index in [0.29, 0.717) is 5.96 Å². The average molecular weight is 559 g/mol. The molecule has 1 unspecified atom stereocenters. The molecular formula is C23H39IN6O2. The molecule has 1 amide bonds. The van der Waals surface area contributed by atoms with Gasteiger partial charge in [-0.3, -0.25) is 9.69 Å². The Morgan fingerprint density at radius 2 is 1.91 bits per heavy atom. The second-order valence-electron chi connectivity index (χ2n) is 8.49. The first kappa shape index (κ1) is 26.7. The van der Waals surface area contributed by atoms with E-state index in [-0.39, 0.29) is 42.5 Å². The first-order chi connectivity index (χ1) is 15.0. The van der Waals surface area contributed by atoms with Crippen LogP contribution in [0.5, 0.6) is 0 Å². The number of carbonyl (C=O) groups excluding carboxylic acids is 1. The summed E-state index contributed by atoms with van der Waals surface area (Å²) in [5.41, 5.74) is 2.50. The molecule has 1 atom stereocenters. The van der Waals surface area contributed by atoms with Crippen LogP contribution in [0.15, 0.2) is 29.3 Å². The molecule has 0 spiro atoms. The molecule has 8 nitrogen and oxygen atoms in total. The van der Waals surface area contributed by atoms with Gasteiger partial charge in [-0.15, -0.1) is 24.0 Å². The maximum absolute atomic E-state index is 12.1. The zero-order valence-corrected chi connectivity index (χ0v) is 22.0. The molecule has 2 N–H and O–H groups in total. The molecule has 32 heavy (non-hydrogen) atoms. The number of anilines is 1. The molecule has 2 aliphatic heterocycles. The van der Waals surface area contributed by atoms with E-state index in [1.54, 1.807) is 19.0 Å². The summed E-state index contributed by atoms with van der Waals surface area (Å²) in [5, 5.41) is 6.90. The van der Waals surface area contributed by atoms with E-state index in [0.717, 1.165) is 52.5 Å². The van der Waals surface area contributed by atoms with Crippen molar-refractivity contribution in [3.05, 3.63) is 29.8 Å². The van der Waals surface area contributed by atoms with Crippen molar-refractivity contribution in [2.75, 3.05) is 78.0 Å². The summed E-state index contributed by atoms with van der Waals surface area (Å²) in [6, 6.07) is 8.80. The standard InChI is InChI=1S/C23H38N6O2.HI/c1-19(20-7-6-8-21(17-20)29-10-4-5-11-29)26-23(25-18-22(30)27(2)3)24-9-12-28-13-15-31-16-14-28;/h6-8,17,19H,4-5,9-16,18H2,1-3H3,(H2,24,25,26);1H. The number of likely N-dealkylation sites (N-methyl/N-ethyl adjacent to an activating group) is 1. The van der Waals surface area contributed by atoms with Crippen LogP contribution < -0.4 is 15.5 Å². The van der Waals surface area contributed by atoms with Gasteiger partial charge in [0.15, 0.2) is 5.96 Å². The van der Waals surface area contributed by atoms with E-state index in [1.807, 2.05) is 0 Å². The zero-order valence-electron chi connectivity index (χ0n) is 19.7. The molecule has 0 aromatic heterocycles. The first-order valence-electron chi connectivity index (χ1n) is 11.4. The van der Waals surface area contributed by atoms with Crippen LogP contribution in [0, 0.1) is 0 Å². The van der Waals surface area contributed by atoms with Crippen molar-refractivity contribution < 1.29 is 9.53 Å². The predicted octanol–water partition coefficient (Wildman–Crippen LogP) is 1.92. The Morgan fingerprint density at radius 3 is 2.59 bits per heavy atom. The third-order valence-corrected chi connectivity index (χ3v) is 5.89. The van der Waals surface area contributed by atoms with Crippen LogP contribution in [0.3, 0.4) is 0 Å². The van der Waals surface area contributed by atoms with E-state index in [2.05, 4.69) is 56.6 Å². The lowest BCUT2D eigenvalue weighted by molar-refractivity contribution is -0.127. The van der Waals surface area contributed by atoms with Crippen LogP contribution in [0.2, 0.25) is 0 Å². The molecule has 2 aliphatic rings. The van der Waals surface area contributed by atoms with Gasteiger partial charge in [-0.05, 0) is 37.5 Å². The van der Waals surface area contributed by atoms with E-state index in [9.17, 15) is 4.79 Å². The molecule has 180 valence electrons. The Hall–Kier alpha value is -1.59. The number of halogens is 1. The van der Waals surface area contributed by atoms with Crippen molar-refractivity contribution in [1.82, 2.24) is 20.4 Å². The van der Waals surface area contributed by atoms with Crippen molar-refractivity contribution in [3.63, 3.8) is 0 Å². The lowest BCUT2D eigenvalue weighted by Gasteiger charge is -2.27. The largest absolute Gasteiger partial charge is 0.379 e. The van der Waals surface area contributed by atoms with Crippen LogP contribution in [-0.4, -0.2) is 94.8 Å². The Labute approximate surface area is 209 Å². The number of amides is 1. The number of carbonyl (C=O) groups is 1. The van der Waals surface area contributed by atoms with Gasteiger partial charge in [0.25, 0.3) is 0 Å². The molecule has 0 bridgehead atoms. The summed E-state index contributed by atoms with van der Waals surface area (Å²) in [6.07, 6.45) is 2.53. The van der Waals surface area contributed by atoms with E-state index < -0.39 is 0 Å². The van der Waals surface area contributed by atoms with E-state index >= 15 is 0 Å². The van der Waals surface area contributed by atoms with Crippen molar-refractivity contribution in [3.8, 4) is 0 Å². The van der Waals surface area contributed by atoms with E-state index in [4.69, 9.17) is 4.74 Å². The molecular weight excluding hydrogens is 519 g/mol. The Bertz CT molecular complexity index is 733. The van der Waals surface area contributed by atoms with Gasteiger partial charge in [0.1, 0.15) is 6.54 Å². The summed E-state index contributed by atoms with van der Waals surface area (Å²) < 4.78 is 5.42. The SMILES string of the molecule is CC(NC(=NCC(=O)N(C)C)NCCN1CCOCC1)c1cccc(N2CCCC2)c1.I. The normalized spacial score (nSPS) is 18.1. The minimum atomic E-state index is -0.0158. The van der Waals surface area contributed by atoms with Gasteiger partial charge in [0.2, 0.25) is 5.91 Å². The number of guanidine groups is 1. The summed E-state index contributed by atoms with van der Waals surface area (Å²) in [5.74, 6) is 0.653. The quantitative estimate of drug-likeness (QED) is 0.289. The van der Waals surface area contributed by atoms with Gasteiger partial charge < -0.3 is 25.2 Å². The maximum Gasteiger partial charge on any atom is 0.243 e. The minimum absolute atomic E-state index is 0. The van der Waals surface area contributed by atoms with Crippen molar-refractivity contribution in [1.29, 1.82) is 0 Å². The fourth-order valence-electron chi connectivity index (χ4n) is 3.85. The number of aliphatic imine (C=N–C) groups is 1. The molecule has 2 saturated heterocycles. The molecule has 1 aromatic carbocycles. The number of hydrogen-bond acceptors (Lipinski definition) is 5. The Morgan fingerprint density at radius 1 is 1.19 bits per heavy atom. The smallest absolute Gasteiger partial charge is 0.243 e. The van der Waals surface area contributed by atoms with Crippen molar-refractivity contribution in [2.45, 2.75) is 25.8 Å². The fraction of sp³-hybridized carbons (Fsp3) is 0.652. The number of hydrogen-bond donors (Lipinski definition) is 2. The lowest BCUT2D eigenvalue weighted by atomic mass is 10.1. The topological polar surface area (TPSA) is 72.4 Å². The zero-order chi connectivity index (χ0) is 22.1. The monoisotopic (exact) mass is 558 g/mol. The second kappa shape index (κ2) is 13.8. The Balaban J connectivity index is 0.00000363. The molecule has 3 rings (SSSR count). The first-order valence-corrected chi connectivity index (χ1v) is 11.4. The van der Waals surface area contributed by atoms with Crippen molar-refractivity contribution >= 4 is 41.5 Å². The van der Waals surface area contributed by atoms with Crippen LogP contribution in [0.25, 0.3) is 0 Å². The van der Waals surface area contributed by atoms with Gasteiger partial charge in [0, 0.05) is 59.1 Å². The highest BCUT2D eigenvalue weighted by Gasteiger charge is 2.15. The van der Waals surface area contributed by atoms with Gasteiger partial charge in [-0.2, -0.15) is 0 Å². The summed E-state index contributed by atoms with van der Waals surface area (Å²) >= 11 is 0. The van der Waals surface area contributed by atoms with Gasteiger partial charge >= 0.3 is 0 Å². The molecule has 0 aliphatic carbocycles. The molecule has 2 heterocycles. The number of nitrogens with one attached hydrogen (secondary N) is 2. The molecule has 1 aromatic rings. The van der Waals surface area contributed by atoms with Crippen LogP contribution in [0.1, 0.15) is 31.4 Å². The predicted molar refractivity (Wildman–Crippen MR) is 141 cm³/mol. The maximum atomic E-state index is 12.1. The third-order valence-electron chi connectivity index (χ3n) is 5.89. The molecule has 9 heteroatoms. The number of benzene rings is 1. The van der Waals surface area contributed by atoms with Crippen LogP contribution in [-0.2, 0) is 9.53 Å². The third kappa shape index (κ3) is 8.40. The molecule has 0 radical (unpaired) electrons. The summed E-state index contributed by atoms with van der Waals surface area (Å²) in [4.78, 5) is 23.0. The van der Waals surface area contributed by atoms with Crippen LogP contribution in [0.4, 0.5) is 5.69 Å². The van der Waals surface area contributed by atoms with Gasteiger partial charge in [-0.25, -0.2) is 4.99 Å². The lowest BCUT2D eigenvalue weighted by Crippen LogP contribution is -2.45. The van der Waals surface area contributed by atoms with Crippen molar-refractivity contribution in [2.24, 2.45) is 4.99 Å². The Kier molecular flexibility index (Phi) is 11.5. The average Bonchev–Trinajstić information content (AvgIpc) is 3.33. The van der Waals surface area contributed by atoms with Gasteiger partial charge in [-0.1, -0.05) is 12.1 Å². The van der Waals surface area contributed by atoms with Crippen LogP contribution >= 0.6 is 24.0 Å². The summed E-state index contributed by atoms with van der Waals surface area (Å²) in [6.45, 7) is 9.72.